The molecule has 0 atom stereocenters. The van der Waals surface area contributed by atoms with Crippen molar-refractivity contribution in [3.63, 3.8) is 0 Å². The fraction of sp³-hybridized carbons (Fsp3) is 0.0556. The molecule has 1 heterocycles. The molecule has 3 N–H and O–H groups in total. The smallest absolute Gasteiger partial charge is 0.269 e. The molecule has 0 saturated heterocycles. The van der Waals surface area contributed by atoms with Gasteiger partial charge in [0.1, 0.15) is 12.1 Å². The molecule has 2 aromatic carbocycles. The summed E-state index contributed by atoms with van der Waals surface area (Å²) in [6.45, 7) is 0. The van der Waals surface area contributed by atoms with E-state index in [4.69, 9.17) is 17.0 Å². The van der Waals surface area contributed by atoms with E-state index in [0.29, 0.717) is 11.4 Å². The third kappa shape index (κ3) is 5.83. The van der Waals surface area contributed by atoms with Crippen molar-refractivity contribution in [1.82, 2.24) is 9.97 Å². The van der Waals surface area contributed by atoms with Gasteiger partial charge < -0.3 is 15.4 Å². The first kappa shape index (κ1) is 21.9. The highest BCUT2D eigenvalue weighted by Crippen LogP contribution is 2.19. The van der Waals surface area contributed by atoms with Gasteiger partial charge in [-0.1, -0.05) is 0 Å². The van der Waals surface area contributed by atoms with E-state index in [1.165, 1.54) is 55.9 Å². The maximum atomic E-state index is 12.5. The molecule has 31 heavy (non-hydrogen) atoms. The lowest BCUT2D eigenvalue weighted by Crippen LogP contribution is -2.19. The molecule has 0 spiro atoms. The number of anilines is 3. The molecule has 3 aromatic rings. The van der Waals surface area contributed by atoms with Crippen LogP contribution in [0, 0.1) is 10.1 Å². The Labute approximate surface area is 182 Å². The minimum absolute atomic E-state index is 0.0184. The lowest BCUT2D eigenvalue weighted by atomic mass is 10.3. The van der Waals surface area contributed by atoms with Gasteiger partial charge in [-0.25, -0.2) is 18.4 Å². The van der Waals surface area contributed by atoms with Crippen molar-refractivity contribution in [2.45, 2.75) is 4.90 Å². The second kappa shape index (κ2) is 9.32. The van der Waals surface area contributed by atoms with E-state index in [1.807, 2.05) is 0 Å². The molecule has 1 aromatic heterocycles. The number of sulfonamides is 1. The van der Waals surface area contributed by atoms with E-state index in [-0.39, 0.29) is 27.4 Å². The van der Waals surface area contributed by atoms with Gasteiger partial charge in [-0.15, -0.1) is 0 Å². The molecule has 0 bridgehead atoms. The quantitative estimate of drug-likeness (QED) is 0.273. The van der Waals surface area contributed by atoms with E-state index in [0.717, 1.165) is 0 Å². The van der Waals surface area contributed by atoms with Gasteiger partial charge in [-0.05, 0) is 48.6 Å². The standard InChI is InChI=1S/C18H16N6O5S2/c1-29-17-10-16(19-11-20-17)23-31(27,28)15-8-4-13(5-9-15)22-18(30)21-12-2-6-14(7-3-12)24(25)26/h2-11H,1H3,(H,19,20,23)(H2,21,22,30). The van der Waals surface area contributed by atoms with Gasteiger partial charge in [0.2, 0.25) is 5.88 Å². The molecular weight excluding hydrogens is 444 g/mol. The van der Waals surface area contributed by atoms with Gasteiger partial charge in [-0.3, -0.25) is 14.8 Å². The van der Waals surface area contributed by atoms with E-state index >= 15 is 0 Å². The number of hydrogen-bond donors (Lipinski definition) is 3. The number of benzene rings is 2. The van der Waals surface area contributed by atoms with Crippen LogP contribution in [0.3, 0.4) is 0 Å². The Morgan fingerprint density at radius 3 is 2.16 bits per heavy atom. The summed E-state index contributed by atoms with van der Waals surface area (Å²) >= 11 is 5.21. The molecule has 0 aliphatic rings. The third-order valence-electron chi connectivity index (χ3n) is 3.85. The molecule has 0 amide bonds. The van der Waals surface area contributed by atoms with Crippen LogP contribution in [0.2, 0.25) is 0 Å². The number of nitrogens with zero attached hydrogens (tertiary/aromatic N) is 3. The normalized spacial score (nSPS) is 10.7. The monoisotopic (exact) mass is 460 g/mol. The fourth-order valence-corrected chi connectivity index (χ4v) is 3.62. The predicted molar refractivity (Wildman–Crippen MR) is 119 cm³/mol. The number of thiocarbonyl (C=S) groups is 1. The molecule has 0 aliphatic heterocycles. The first-order chi connectivity index (χ1) is 14.8. The Hall–Kier alpha value is -3.84. The van der Waals surface area contributed by atoms with Gasteiger partial charge in [-0.2, -0.15) is 0 Å². The van der Waals surface area contributed by atoms with Crippen molar-refractivity contribution in [2.75, 3.05) is 22.5 Å². The number of non-ortho nitro benzene ring substituents is 1. The highest BCUT2D eigenvalue weighted by Gasteiger charge is 2.15. The second-order valence-corrected chi connectivity index (χ2v) is 8.05. The van der Waals surface area contributed by atoms with Crippen LogP contribution in [-0.2, 0) is 10.0 Å². The summed E-state index contributed by atoms with van der Waals surface area (Å²) in [5.74, 6) is 0.295. The van der Waals surface area contributed by atoms with E-state index < -0.39 is 14.9 Å². The topological polar surface area (TPSA) is 148 Å². The minimum atomic E-state index is -3.87. The molecule has 0 saturated carbocycles. The summed E-state index contributed by atoms with van der Waals surface area (Å²) < 4.78 is 32.4. The molecule has 160 valence electrons. The highest BCUT2D eigenvalue weighted by atomic mass is 32.2. The van der Waals surface area contributed by atoms with Crippen LogP contribution in [0.1, 0.15) is 0 Å². The third-order valence-corrected chi connectivity index (χ3v) is 5.42. The van der Waals surface area contributed by atoms with Crippen LogP contribution in [0.4, 0.5) is 22.9 Å². The first-order valence-electron chi connectivity index (χ1n) is 8.58. The zero-order valence-electron chi connectivity index (χ0n) is 16.0. The van der Waals surface area contributed by atoms with Crippen molar-refractivity contribution < 1.29 is 18.1 Å². The minimum Gasteiger partial charge on any atom is -0.481 e. The number of aromatic nitrogens is 2. The van der Waals surface area contributed by atoms with Gasteiger partial charge in [0.15, 0.2) is 5.11 Å². The van der Waals surface area contributed by atoms with Crippen LogP contribution < -0.4 is 20.1 Å². The van der Waals surface area contributed by atoms with E-state index in [1.54, 1.807) is 12.1 Å². The molecule has 3 rings (SSSR count). The molecule has 0 radical (unpaired) electrons. The highest BCUT2D eigenvalue weighted by molar-refractivity contribution is 7.92. The summed E-state index contributed by atoms with van der Waals surface area (Å²) in [5.41, 5.74) is 1.07. The molecule has 0 aliphatic carbocycles. The Kier molecular flexibility index (Phi) is 6.57. The summed E-state index contributed by atoms with van der Waals surface area (Å²) in [6, 6.07) is 13.0. The SMILES string of the molecule is COc1cc(NS(=O)(=O)c2ccc(NC(=S)Nc3ccc([N+](=O)[O-])cc3)cc2)ncn1. The van der Waals surface area contributed by atoms with Gasteiger partial charge in [0.05, 0.1) is 16.9 Å². The number of methoxy groups -OCH3 is 1. The van der Waals surface area contributed by atoms with Crippen molar-refractivity contribution in [1.29, 1.82) is 0 Å². The number of nitro groups is 1. The average molecular weight is 460 g/mol. The Balaban J connectivity index is 1.63. The predicted octanol–water partition coefficient (Wildman–Crippen LogP) is 3.00. The van der Waals surface area contributed by atoms with Crippen LogP contribution in [0.25, 0.3) is 0 Å². The fourth-order valence-electron chi connectivity index (χ4n) is 2.38. The average Bonchev–Trinajstić information content (AvgIpc) is 2.74. The summed E-state index contributed by atoms with van der Waals surface area (Å²) in [5, 5.41) is 16.7. The van der Waals surface area contributed by atoms with Gasteiger partial charge in [0, 0.05) is 29.6 Å². The summed E-state index contributed by atoms with van der Waals surface area (Å²) in [7, 11) is -2.46. The van der Waals surface area contributed by atoms with Crippen molar-refractivity contribution in [2.24, 2.45) is 0 Å². The van der Waals surface area contributed by atoms with Crippen molar-refractivity contribution in [3.8, 4) is 5.88 Å². The van der Waals surface area contributed by atoms with Gasteiger partial charge in [0.25, 0.3) is 15.7 Å². The molecular formula is C18H16N6O5S2. The number of hydrogen-bond acceptors (Lipinski definition) is 8. The number of nitrogens with one attached hydrogen (secondary N) is 3. The zero-order valence-corrected chi connectivity index (χ0v) is 17.6. The zero-order chi connectivity index (χ0) is 22.4. The van der Waals surface area contributed by atoms with E-state index in [9.17, 15) is 18.5 Å². The Morgan fingerprint density at radius 2 is 1.61 bits per heavy atom. The summed E-state index contributed by atoms with van der Waals surface area (Å²) in [6.07, 6.45) is 1.18. The molecule has 13 heteroatoms. The number of nitro benzene ring substituents is 1. The lowest BCUT2D eigenvalue weighted by molar-refractivity contribution is -0.384. The second-order valence-electron chi connectivity index (χ2n) is 5.96. The Morgan fingerprint density at radius 1 is 1.03 bits per heavy atom. The Bertz CT molecular complexity index is 1200. The van der Waals surface area contributed by atoms with Crippen molar-refractivity contribution in [3.05, 3.63) is 71.0 Å². The van der Waals surface area contributed by atoms with Gasteiger partial charge >= 0.3 is 0 Å². The van der Waals surface area contributed by atoms with Crippen LogP contribution in [0.5, 0.6) is 5.88 Å². The van der Waals surface area contributed by atoms with Crippen LogP contribution in [-0.4, -0.2) is 35.5 Å². The maximum Gasteiger partial charge on any atom is 0.269 e. The lowest BCUT2D eigenvalue weighted by Gasteiger charge is -2.12. The number of ether oxygens (including phenoxy) is 1. The van der Waals surface area contributed by atoms with Crippen LogP contribution >= 0.6 is 12.2 Å². The maximum absolute atomic E-state index is 12.5. The van der Waals surface area contributed by atoms with E-state index in [2.05, 4.69) is 25.3 Å². The molecule has 0 fully saturated rings. The number of rotatable bonds is 7. The molecule has 0 unspecified atom stereocenters. The van der Waals surface area contributed by atoms with Crippen LogP contribution in [0.15, 0.2) is 65.8 Å². The van der Waals surface area contributed by atoms with Crippen molar-refractivity contribution >= 4 is 50.2 Å². The largest absolute Gasteiger partial charge is 0.481 e. The molecule has 11 nitrogen and oxygen atoms in total. The summed E-state index contributed by atoms with van der Waals surface area (Å²) in [4.78, 5) is 17.9. The first-order valence-corrected chi connectivity index (χ1v) is 10.5.